The summed E-state index contributed by atoms with van der Waals surface area (Å²) in [6.45, 7) is 0. The van der Waals surface area contributed by atoms with Crippen molar-refractivity contribution in [3.63, 3.8) is 0 Å². The fraction of sp³-hybridized carbons (Fsp3) is 0.273. The van der Waals surface area contributed by atoms with Crippen molar-refractivity contribution in [3.05, 3.63) is 46.2 Å². The van der Waals surface area contributed by atoms with Crippen molar-refractivity contribution >= 4 is 34.1 Å². The van der Waals surface area contributed by atoms with Gasteiger partial charge in [-0.3, -0.25) is 0 Å². The van der Waals surface area contributed by atoms with E-state index in [9.17, 15) is 8.42 Å². The summed E-state index contributed by atoms with van der Waals surface area (Å²) in [5.74, 6) is 2.77. The Morgan fingerprint density at radius 3 is 1.12 bits per heavy atom. The predicted octanol–water partition coefficient (Wildman–Crippen LogP) is 3.30. The van der Waals surface area contributed by atoms with Gasteiger partial charge in [0.05, 0.1) is 42.7 Å². The lowest BCUT2D eigenvalue weighted by Gasteiger charge is -2.12. The molecule has 2 rings (SSSR count). The molecule has 0 bridgehead atoms. The molecule has 0 amide bonds. The molecular weight excluding hydrogens is 470 g/mol. The summed E-state index contributed by atoms with van der Waals surface area (Å²) in [4.78, 5) is 0. The number of rotatable bonds is 12. The van der Waals surface area contributed by atoms with Crippen LogP contribution in [0.3, 0.4) is 0 Å². The van der Waals surface area contributed by atoms with E-state index in [1.165, 1.54) is 53.5 Å². The Morgan fingerprint density at radius 2 is 0.879 bits per heavy atom. The maximum absolute atomic E-state index is 12.3. The molecular formula is C22H27NO8S2. The normalized spacial score (nSPS) is 13.0. The lowest BCUT2D eigenvalue weighted by atomic mass is 10.2. The monoisotopic (exact) mass is 497 g/mol. The number of hydrogen-bond donors (Lipinski definition) is 1. The van der Waals surface area contributed by atoms with Crippen LogP contribution < -0.4 is 32.5 Å². The van der Waals surface area contributed by atoms with Crippen LogP contribution in [0.25, 0.3) is 12.2 Å². The molecule has 0 aromatic heterocycles. The van der Waals surface area contributed by atoms with Gasteiger partial charge in [-0.1, -0.05) is 0 Å². The van der Waals surface area contributed by atoms with E-state index < -0.39 is 22.0 Å². The third-order valence-electron chi connectivity index (χ3n) is 4.31. The van der Waals surface area contributed by atoms with E-state index in [0.29, 0.717) is 45.6 Å². The summed E-state index contributed by atoms with van der Waals surface area (Å²) in [5.41, 5.74) is 1.33. The number of benzene rings is 2. The summed E-state index contributed by atoms with van der Waals surface area (Å²) in [6, 6.07) is 6.82. The van der Waals surface area contributed by atoms with E-state index in [0.717, 1.165) is 0 Å². The van der Waals surface area contributed by atoms with E-state index in [4.69, 9.17) is 28.4 Å². The van der Waals surface area contributed by atoms with Crippen LogP contribution in [0.5, 0.6) is 34.5 Å². The first-order valence-corrected chi connectivity index (χ1v) is 11.9. The Labute approximate surface area is 198 Å². The van der Waals surface area contributed by atoms with Gasteiger partial charge in [0, 0.05) is 10.8 Å². The average Bonchev–Trinajstić information content (AvgIpc) is 2.84. The van der Waals surface area contributed by atoms with E-state index in [2.05, 4.69) is 4.13 Å². The third kappa shape index (κ3) is 6.98. The van der Waals surface area contributed by atoms with Crippen LogP contribution in [-0.4, -0.2) is 51.1 Å². The van der Waals surface area contributed by atoms with Crippen molar-refractivity contribution in [1.82, 2.24) is 4.13 Å². The smallest absolute Gasteiger partial charge is 0.203 e. The van der Waals surface area contributed by atoms with Crippen LogP contribution in [0, 0.1) is 0 Å². The van der Waals surface area contributed by atoms with Gasteiger partial charge in [-0.2, -0.15) is 0 Å². The standard InChI is InChI=1S/C22H27NO8S2/c1-26-17-11-15(12-18(27-2)21(17)30-5)7-9-32(24)23-33(25)10-8-16-13-19(28-3)22(31-6)20(14-16)29-4/h7-14,23H,1-6H3/b9-7+,10-8+. The molecule has 0 radical (unpaired) electrons. The number of ether oxygens (including phenoxy) is 6. The van der Waals surface area contributed by atoms with Gasteiger partial charge in [0.25, 0.3) is 0 Å². The minimum absolute atomic E-state index is 0.453. The Kier molecular flexibility index (Phi) is 10.2. The Bertz CT molecular complexity index is 935. The molecule has 0 saturated heterocycles. The first-order chi connectivity index (χ1) is 15.9. The second-order valence-corrected chi connectivity index (χ2v) is 8.60. The molecule has 2 unspecified atom stereocenters. The van der Waals surface area contributed by atoms with Gasteiger partial charge in [-0.15, -0.1) is 4.13 Å². The molecule has 0 aliphatic carbocycles. The van der Waals surface area contributed by atoms with E-state index >= 15 is 0 Å². The van der Waals surface area contributed by atoms with Crippen LogP contribution >= 0.6 is 0 Å². The van der Waals surface area contributed by atoms with E-state index in [-0.39, 0.29) is 0 Å². The maximum atomic E-state index is 12.3. The zero-order valence-corrected chi connectivity index (χ0v) is 20.8. The van der Waals surface area contributed by atoms with E-state index in [1.54, 1.807) is 36.4 Å². The molecule has 2 aromatic rings. The SMILES string of the molecule is COc1cc(/C=C/S(=O)NS(=O)/C=C/c2cc(OC)c(OC)c(OC)c2)cc(OC)c1OC. The predicted molar refractivity (Wildman–Crippen MR) is 130 cm³/mol. The fourth-order valence-corrected chi connectivity index (χ4v) is 4.47. The fourth-order valence-electron chi connectivity index (χ4n) is 2.81. The molecule has 0 aliphatic rings. The number of nitrogens with one attached hydrogen (secondary N) is 1. The highest BCUT2D eigenvalue weighted by Crippen LogP contribution is 2.39. The Hall–Kier alpha value is -3.02. The molecule has 0 fully saturated rings. The number of hydrogen-bond acceptors (Lipinski definition) is 8. The van der Waals surface area contributed by atoms with Gasteiger partial charge in [-0.25, -0.2) is 8.42 Å². The van der Waals surface area contributed by atoms with Crippen molar-refractivity contribution in [2.24, 2.45) is 0 Å². The van der Waals surface area contributed by atoms with Crippen molar-refractivity contribution in [2.75, 3.05) is 42.7 Å². The number of methoxy groups -OCH3 is 6. The average molecular weight is 498 g/mol. The zero-order chi connectivity index (χ0) is 24.4. The molecule has 11 heteroatoms. The lowest BCUT2D eigenvalue weighted by molar-refractivity contribution is 0.324. The molecule has 0 spiro atoms. The molecule has 1 N–H and O–H groups in total. The summed E-state index contributed by atoms with van der Waals surface area (Å²) in [6.07, 6.45) is 3.18. The molecule has 2 atom stereocenters. The Morgan fingerprint density at radius 1 is 0.576 bits per heavy atom. The molecule has 33 heavy (non-hydrogen) atoms. The molecule has 0 saturated carbocycles. The van der Waals surface area contributed by atoms with Crippen LogP contribution in [-0.2, 0) is 22.0 Å². The first kappa shape index (κ1) is 26.2. The maximum Gasteiger partial charge on any atom is 0.203 e. The second-order valence-electron chi connectivity index (χ2n) is 6.20. The van der Waals surface area contributed by atoms with Crippen molar-refractivity contribution in [2.45, 2.75) is 0 Å². The van der Waals surface area contributed by atoms with Crippen LogP contribution in [0.2, 0.25) is 0 Å². The lowest BCUT2D eigenvalue weighted by Crippen LogP contribution is -2.15. The molecule has 2 aromatic carbocycles. The van der Waals surface area contributed by atoms with Gasteiger partial charge in [0.2, 0.25) is 11.5 Å². The quantitative estimate of drug-likeness (QED) is 0.477. The topological polar surface area (TPSA) is 102 Å². The minimum Gasteiger partial charge on any atom is -0.493 e. The summed E-state index contributed by atoms with van der Waals surface area (Å²) in [5, 5.41) is 2.73. The van der Waals surface area contributed by atoms with Crippen LogP contribution in [0.4, 0.5) is 0 Å². The highest BCUT2D eigenvalue weighted by atomic mass is 32.3. The van der Waals surface area contributed by atoms with Gasteiger partial charge in [-0.05, 0) is 47.5 Å². The molecule has 0 aliphatic heterocycles. The highest BCUT2D eigenvalue weighted by Gasteiger charge is 2.13. The van der Waals surface area contributed by atoms with Crippen molar-refractivity contribution in [3.8, 4) is 34.5 Å². The first-order valence-electron chi connectivity index (χ1n) is 9.44. The zero-order valence-electron chi connectivity index (χ0n) is 19.2. The van der Waals surface area contributed by atoms with Gasteiger partial charge in [0.15, 0.2) is 23.0 Å². The highest BCUT2D eigenvalue weighted by molar-refractivity contribution is 8.01. The van der Waals surface area contributed by atoms with Crippen molar-refractivity contribution in [1.29, 1.82) is 0 Å². The summed E-state index contributed by atoms with van der Waals surface area (Å²) < 4.78 is 58.8. The molecule has 9 nitrogen and oxygen atoms in total. The second kappa shape index (κ2) is 12.9. The van der Waals surface area contributed by atoms with Crippen LogP contribution in [0.1, 0.15) is 11.1 Å². The Balaban J connectivity index is 2.10. The summed E-state index contributed by atoms with van der Waals surface area (Å²) >= 11 is 0. The minimum atomic E-state index is -1.71. The third-order valence-corrected chi connectivity index (χ3v) is 6.39. The van der Waals surface area contributed by atoms with Crippen molar-refractivity contribution < 1.29 is 36.8 Å². The van der Waals surface area contributed by atoms with Crippen LogP contribution in [0.15, 0.2) is 35.1 Å². The van der Waals surface area contributed by atoms with E-state index in [1.807, 2.05) is 0 Å². The van der Waals surface area contributed by atoms with Gasteiger partial charge < -0.3 is 28.4 Å². The van der Waals surface area contributed by atoms with Gasteiger partial charge in [0.1, 0.15) is 22.0 Å². The summed E-state index contributed by atoms with van der Waals surface area (Å²) in [7, 11) is 5.62. The van der Waals surface area contributed by atoms with Gasteiger partial charge >= 0.3 is 0 Å². The molecule has 180 valence electrons. The largest absolute Gasteiger partial charge is 0.493 e. The molecule has 0 heterocycles.